The van der Waals surface area contributed by atoms with Crippen LogP contribution in [0.1, 0.15) is 45.4 Å². The minimum Gasteiger partial charge on any atom is -0.396 e. The van der Waals surface area contributed by atoms with Gasteiger partial charge in [0.1, 0.15) is 0 Å². The van der Waals surface area contributed by atoms with Crippen LogP contribution in [-0.2, 0) is 0 Å². The molecule has 1 saturated heterocycles. The van der Waals surface area contributed by atoms with Gasteiger partial charge in [-0.25, -0.2) is 0 Å². The van der Waals surface area contributed by atoms with Crippen molar-refractivity contribution in [1.29, 1.82) is 0 Å². The number of nitrogens with one attached hydrogen (secondary N) is 2. The smallest absolute Gasteiger partial charge is 0.0438 e. The lowest BCUT2D eigenvalue weighted by Crippen LogP contribution is -2.37. The molecule has 0 saturated carbocycles. The van der Waals surface area contributed by atoms with Crippen molar-refractivity contribution in [2.75, 3.05) is 31.2 Å². The van der Waals surface area contributed by atoms with Crippen molar-refractivity contribution < 1.29 is 5.11 Å². The molecule has 1 fully saturated rings. The topological polar surface area (TPSA) is 44.3 Å². The molecule has 0 spiro atoms. The third-order valence-corrected chi connectivity index (χ3v) is 4.56. The zero-order chi connectivity index (χ0) is 13.1. The molecule has 3 nitrogen and oxygen atoms in total. The first-order valence-electron chi connectivity index (χ1n) is 7.48. The first kappa shape index (κ1) is 16.3. The first-order valence-corrected chi connectivity index (χ1v) is 8.63. The summed E-state index contributed by atoms with van der Waals surface area (Å²) in [4.78, 5) is 0. The minimum atomic E-state index is 0.324. The summed E-state index contributed by atoms with van der Waals surface area (Å²) in [5, 5.41) is 15.9. The number of hydrogen-bond acceptors (Lipinski definition) is 4. The van der Waals surface area contributed by atoms with Crippen LogP contribution in [0.25, 0.3) is 0 Å². The van der Waals surface area contributed by atoms with E-state index in [4.69, 9.17) is 5.11 Å². The van der Waals surface area contributed by atoms with Crippen molar-refractivity contribution in [2.24, 2.45) is 0 Å². The van der Waals surface area contributed by atoms with E-state index in [1.54, 1.807) is 0 Å². The van der Waals surface area contributed by atoms with E-state index in [2.05, 4.69) is 17.6 Å². The second-order valence-corrected chi connectivity index (χ2v) is 6.51. The molecule has 108 valence electrons. The Morgan fingerprint density at radius 3 is 3.06 bits per heavy atom. The number of aliphatic hydroxyl groups is 1. The third-order valence-electron chi connectivity index (χ3n) is 3.49. The van der Waals surface area contributed by atoms with E-state index >= 15 is 0 Å². The molecule has 0 aromatic heterocycles. The van der Waals surface area contributed by atoms with Gasteiger partial charge in [0.15, 0.2) is 0 Å². The van der Waals surface area contributed by atoms with Gasteiger partial charge in [0, 0.05) is 31.0 Å². The van der Waals surface area contributed by atoms with Crippen LogP contribution < -0.4 is 10.6 Å². The molecular weight excluding hydrogens is 244 g/mol. The van der Waals surface area contributed by atoms with Gasteiger partial charge in [-0.05, 0) is 44.9 Å². The lowest BCUT2D eigenvalue weighted by Gasteiger charge is -2.21. The number of aliphatic hydroxyl groups excluding tert-OH is 1. The van der Waals surface area contributed by atoms with E-state index in [0.29, 0.717) is 12.6 Å². The van der Waals surface area contributed by atoms with E-state index in [1.165, 1.54) is 38.6 Å². The SMILES string of the molecule is CC(CC1CCCCCN1)NCCSCCCO. The Labute approximate surface area is 116 Å². The molecule has 0 aromatic carbocycles. The molecule has 2 unspecified atom stereocenters. The number of hydrogen-bond donors (Lipinski definition) is 3. The van der Waals surface area contributed by atoms with E-state index < -0.39 is 0 Å². The van der Waals surface area contributed by atoms with Crippen molar-refractivity contribution in [3.05, 3.63) is 0 Å². The van der Waals surface area contributed by atoms with Crippen molar-refractivity contribution in [3.63, 3.8) is 0 Å². The molecule has 0 aromatic rings. The van der Waals surface area contributed by atoms with Crippen LogP contribution in [0.15, 0.2) is 0 Å². The Bertz CT molecular complexity index is 185. The average molecular weight is 274 g/mol. The van der Waals surface area contributed by atoms with Gasteiger partial charge in [0.05, 0.1) is 0 Å². The highest BCUT2D eigenvalue weighted by molar-refractivity contribution is 7.99. The maximum atomic E-state index is 8.68. The van der Waals surface area contributed by atoms with Crippen LogP contribution in [0.4, 0.5) is 0 Å². The third kappa shape index (κ3) is 8.35. The van der Waals surface area contributed by atoms with Gasteiger partial charge < -0.3 is 15.7 Å². The molecule has 2 atom stereocenters. The maximum Gasteiger partial charge on any atom is 0.0438 e. The second kappa shape index (κ2) is 11.1. The molecule has 1 aliphatic heterocycles. The van der Waals surface area contributed by atoms with E-state index in [1.807, 2.05) is 11.8 Å². The van der Waals surface area contributed by atoms with Crippen LogP contribution >= 0.6 is 11.8 Å². The normalized spacial score (nSPS) is 22.7. The quantitative estimate of drug-likeness (QED) is 0.563. The summed E-state index contributed by atoms with van der Waals surface area (Å²) in [5.74, 6) is 2.24. The molecule has 0 bridgehead atoms. The summed E-state index contributed by atoms with van der Waals surface area (Å²) in [6.45, 7) is 4.91. The molecule has 1 heterocycles. The van der Waals surface area contributed by atoms with E-state index in [9.17, 15) is 0 Å². The molecule has 0 radical (unpaired) electrons. The van der Waals surface area contributed by atoms with Crippen LogP contribution in [0.2, 0.25) is 0 Å². The lowest BCUT2D eigenvalue weighted by atomic mass is 10.0. The van der Waals surface area contributed by atoms with E-state index in [-0.39, 0.29) is 0 Å². The Kier molecular flexibility index (Phi) is 10.0. The van der Waals surface area contributed by atoms with Gasteiger partial charge >= 0.3 is 0 Å². The van der Waals surface area contributed by atoms with Crippen LogP contribution in [0.5, 0.6) is 0 Å². The van der Waals surface area contributed by atoms with Gasteiger partial charge in [0.2, 0.25) is 0 Å². The van der Waals surface area contributed by atoms with E-state index in [0.717, 1.165) is 30.5 Å². The predicted molar refractivity (Wildman–Crippen MR) is 81.4 cm³/mol. The van der Waals surface area contributed by atoms with Gasteiger partial charge in [-0.2, -0.15) is 11.8 Å². The van der Waals surface area contributed by atoms with Crippen molar-refractivity contribution in [2.45, 2.75) is 57.5 Å². The highest BCUT2D eigenvalue weighted by atomic mass is 32.2. The molecule has 18 heavy (non-hydrogen) atoms. The van der Waals surface area contributed by atoms with Crippen molar-refractivity contribution in [1.82, 2.24) is 10.6 Å². The fourth-order valence-corrected chi connectivity index (χ4v) is 3.26. The first-order chi connectivity index (χ1) is 8.83. The Hall–Kier alpha value is 0.230. The Morgan fingerprint density at radius 2 is 2.22 bits per heavy atom. The fourth-order valence-electron chi connectivity index (χ4n) is 2.46. The van der Waals surface area contributed by atoms with Crippen molar-refractivity contribution >= 4 is 11.8 Å². The standard InChI is InChI=1S/C14H30N2OS/c1-13(15-8-11-18-10-5-9-17)12-14-6-3-2-4-7-16-14/h13-17H,2-12H2,1H3. The molecule has 1 aliphatic rings. The maximum absolute atomic E-state index is 8.68. The lowest BCUT2D eigenvalue weighted by molar-refractivity contribution is 0.296. The molecular formula is C14H30N2OS. The molecule has 4 heteroatoms. The summed E-state index contributed by atoms with van der Waals surface area (Å²) in [5.41, 5.74) is 0. The zero-order valence-electron chi connectivity index (χ0n) is 11.8. The van der Waals surface area contributed by atoms with Crippen LogP contribution in [0, 0.1) is 0 Å². The fraction of sp³-hybridized carbons (Fsp3) is 1.00. The average Bonchev–Trinajstić information content (AvgIpc) is 2.62. The monoisotopic (exact) mass is 274 g/mol. The number of rotatable bonds is 9. The second-order valence-electron chi connectivity index (χ2n) is 5.28. The van der Waals surface area contributed by atoms with Crippen molar-refractivity contribution in [3.8, 4) is 0 Å². The molecule has 1 rings (SSSR count). The number of thioether (sulfide) groups is 1. The molecule has 3 N–H and O–H groups in total. The molecule has 0 aliphatic carbocycles. The highest BCUT2D eigenvalue weighted by Crippen LogP contribution is 2.12. The van der Waals surface area contributed by atoms with Gasteiger partial charge in [0.25, 0.3) is 0 Å². The van der Waals surface area contributed by atoms with Crippen LogP contribution in [-0.4, -0.2) is 48.4 Å². The highest BCUT2D eigenvalue weighted by Gasteiger charge is 2.14. The summed E-state index contributed by atoms with van der Waals surface area (Å²) >= 11 is 1.93. The summed E-state index contributed by atoms with van der Waals surface area (Å²) in [7, 11) is 0. The van der Waals surface area contributed by atoms with Crippen LogP contribution in [0.3, 0.4) is 0 Å². The Balaban J connectivity index is 1.97. The predicted octanol–water partition coefficient (Wildman–Crippen LogP) is 2.00. The van der Waals surface area contributed by atoms with Gasteiger partial charge in [-0.1, -0.05) is 12.8 Å². The summed E-state index contributed by atoms with van der Waals surface area (Å²) in [6, 6.07) is 1.33. The Morgan fingerprint density at radius 1 is 1.33 bits per heavy atom. The van der Waals surface area contributed by atoms with Gasteiger partial charge in [-0.15, -0.1) is 0 Å². The summed E-state index contributed by atoms with van der Waals surface area (Å²) < 4.78 is 0. The largest absolute Gasteiger partial charge is 0.396 e. The minimum absolute atomic E-state index is 0.324. The zero-order valence-corrected chi connectivity index (χ0v) is 12.6. The summed E-state index contributed by atoms with van der Waals surface area (Å²) in [6.07, 6.45) is 7.65. The van der Waals surface area contributed by atoms with Gasteiger partial charge in [-0.3, -0.25) is 0 Å². The molecule has 0 amide bonds.